The van der Waals surface area contributed by atoms with Gasteiger partial charge in [0.05, 0.1) is 0 Å². The van der Waals surface area contributed by atoms with Crippen LogP contribution in [0.3, 0.4) is 0 Å². The molecule has 0 aliphatic rings. The van der Waals surface area contributed by atoms with E-state index in [1.54, 1.807) is 24.4 Å². The zero-order chi connectivity index (χ0) is 10.4. The van der Waals surface area contributed by atoms with Gasteiger partial charge in [0, 0.05) is 17.6 Å². The first kappa shape index (κ1) is 11.2. The van der Waals surface area contributed by atoms with E-state index in [1.807, 2.05) is 6.92 Å². The highest BCUT2D eigenvalue weighted by Gasteiger charge is 2.09. The van der Waals surface area contributed by atoms with Gasteiger partial charge in [0.1, 0.15) is 5.69 Å². The third-order valence-electron chi connectivity index (χ3n) is 1.82. The molecule has 0 aliphatic carbocycles. The van der Waals surface area contributed by atoms with Crippen LogP contribution in [0, 0.1) is 0 Å². The van der Waals surface area contributed by atoms with Gasteiger partial charge in [-0.25, -0.2) is 0 Å². The molecule has 1 aromatic rings. The SMILES string of the molecule is CC(CCBr)NC(=O)c1ccccn1. The number of halogens is 1. The van der Waals surface area contributed by atoms with Crippen LogP contribution in [0.15, 0.2) is 24.4 Å². The molecule has 1 amide bonds. The van der Waals surface area contributed by atoms with E-state index in [0.29, 0.717) is 5.69 Å². The molecule has 0 radical (unpaired) electrons. The number of alkyl halides is 1. The molecular formula is C10H13BrN2O. The maximum absolute atomic E-state index is 11.5. The van der Waals surface area contributed by atoms with Crippen molar-refractivity contribution in [3.8, 4) is 0 Å². The molecule has 76 valence electrons. The number of nitrogens with zero attached hydrogens (tertiary/aromatic N) is 1. The second-order valence-corrected chi connectivity index (χ2v) is 3.86. The molecule has 0 saturated carbocycles. The van der Waals surface area contributed by atoms with E-state index < -0.39 is 0 Å². The largest absolute Gasteiger partial charge is 0.348 e. The van der Waals surface area contributed by atoms with Gasteiger partial charge in [0.2, 0.25) is 0 Å². The van der Waals surface area contributed by atoms with Crippen LogP contribution in [0.25, 0.3) is 0 Å². The van der Waals surface area contributed by atoms with Crippen LogP contribution in [0.5, 0.6) is 0 Å². The summed E-state index contributed by atoms with van der Waals surface area (Å²) in [6.07, 6.45) is 2.53. The first-order valence-electron chi connectivity index (χ1n) is 4.52. The van der Waals surface area contributed by atoms with E-state index in [2.05, 4.69) is 26.2 Å². The monoisotopic (exact) mass is 256 g/mol. The lowest BCUT2D eigenvalue weighted by Gasteiger charge is -2.11. The Balaban J connectivity index is 2.51. The highest BCUT2D eigenvalue weighted by Crippen LogP contribution is 1.98. The highest BCUT2D eigenvalue weighted by atomic mass is 79.9. The van der Waals surface area contributed by atoms with Gasteiger partial charge in [-0.05, 0) is 25.5 Å². The van der Waals surface area contributed by atoms with Gasteiger partial charge in [0.25, 0.3) is 5.91 Å². The van der Waals surface area contributed by atoms with Crippen molar-refractivity contribution in [3.63, 3.8) is 0 Å². The van der Waals surface area contributed by atoms with Crippen LogP contribution in [0.1, 0.15) is 23.8 Å². The lowest BCUT2D eigenvalue weighted by Crippen LogP contribution is -2.33. The molecule has 1 N–H and O–H groups in total. The zero-order valence-electron chi connectivity index (χ0n) is 8.03. The number of pyridine rings is 1. The number of hydrogen-bond donors (Lipinski definition) is 1. The van der Waals surface area contributed by atoms with Crippen LogP contribution >= 0.6 is 15.9 Å². The van der Waals surface area contributed by atoms with Gasteiger partial charge in [0.15, 0.2) is 0 Å². The minimum Gasteiger partial charge on any atom is -0.348 e. The summed E-state index contributed by atoms with van der Waals surface area (Å²) in [5.74, 6) is -0.112. The molecule has 0 saturated heterocycles. The lowest BCUT2D eigenvalue weighted by molar-refractivity contribution is 0.0934. The fraction of sp³-hybridized carbons (Fsp3) is 0.400. The Morgan fingerprint density at radius 3 is 3.00 bits per heavy atom. The van der Waals surface area contributed by atoms with E-state index >= 15 is 0 Å². The summed E-state index contributed by atoms with van der Waals surface area (Å²) in [6.45, 7) is 1.97. The van der Waals surface area contributed by atoms with Gasteiger partial charge >= 0.3 is 0 Å². The molecule has 1 rings (SSSR count). The summed E-state index contributed by atoms with van der Waals surface area (Å²) in [5.41, 5.74) is 0.467. The van der Waals surface area contributed by atoms with Crippen molar-refractivity contribution in [3.05, 3.63) is 30.1 Å². The minimum atomic E-state index is -0.112. The number of carbonyl (C=O) groups is 1. The van der Waals surface area contributed by atoms with E-state index in [1.165, 1.54) is 0 Å². The maximum Gasteiger partial charge on any atom is 0.270 e. The second-order valence-electron chi connectivity index (χ2n) is 3.07. The summed E-state index contributed by atoms with van der Waals surface area (Å²) in [5, 5.41) is 3.75. The van der Waals surface area contributed by atoms with Crippen LogP contribution in [-0.2, 0) is 0 Å². The molecule has 1 aromatic heterocycles. The molecule has 4 heteroatoms. The molecule has 0 aromatic carbocycles. The molecule has 14 heavy (non-hydrogen) atoms. The van der Waals surface area contributed by atoms with Crippen molar-refractivity contribution in [2.24, 2.45) is 0 Å². The summed E-state index contributed by atoms with van der Waals surface area (Å²) in [6, 6.07) is 5.47. The Bertz CT molecular complexity index is 289. The van der Waals surface area contributed by atoms with Crippen molar-refractivity contribution in [2.75, 3.05) is 5.33 Å². The van der Waals surface area contributed by atoms with Crippen molar-refractivity contribution in [2.45, 2.75) is 19.4 Å². The number of nitrogens with one attached hydrogen (secondary N) is 1. The fourth-order valence-electron chi connectivity index (χ4n) is 1.03. The number of rotatable bonds is 4. The van der Waals surface area contributed by atoms with Gasteiger partial charge in [-0.2, -0.15) is 0 Å². The zero-order valence-corrected chi connectivity index (χ0v) is 9.62. The van der Waals surface area contributed by atoms with Gasteiger partial charge in [-0.1, -0.05) is 22.0 Å². The summed E-state index contributed by atoms with van der Waals surface area (Å²) < 4.78 is 0. The quantitative estimate of drug-likeness (QED) is 0.838. The molecular weight excluding hydrogens is 244 g/mol. The number of aromatic nitrogens is 1. The van der Waals surface area contributed by atoms with Crippen LogP contribution in [0.4, 0.5) is 0 Å². The van der Waals surface area contributed by atoms with Gasteiger partial charge < -0.3 is 5.32 Å². The highest BCUT2D eigenvalue weighted by molar-refractivity contribution is 9.09. The lowest BCUT2D eigenvalue weighted by atomic mass is 10.2. The van der Waals surface area contributed by atoms with Gasteiger partial charge in [-0.15, -0.1) is 0 Å². The Labute approximate surface area is 92.1 Å². The normalized spacial score (nSPS) is 12.1. The average molecular weight is 257 g/mol. The smallest absolute Gasteiger partial charge is 0.270 e. The first-order chi connectivity index (χ1) is 6.74. The van der Waals surface area contributed by atoms with Crippen molar-refractivity contribution in [1.29, 1.82) is 0 Å². The van der Waals surface area contributed by atoms with E-state index in [0.717, 1.165) is 11.8 Å². The standard InChI is InChI=1S/C10H13BrN2O/c1-8(5-6-11)13-10(14)9-4-2-3-7-12-9/h2-4,7-8H,5-6H2,1H3,(H,13,14). The Morgan fingerprint density at radius 2 is 2.43 bits per heavy atom. The first-order valence-corrected chi connectivity index (χ1v) is 5.64. The van der Waals surface area contributed by atoms with Crippen molar-refractivity contribution >= 4 is 21.8 Å². The second kappa shape index (κ2) is 5.75. The molecule has 1 heterocycles. The van der Waals surface area contributed by atoms with E-state index in [-0.39, 0.29) is 11.9 Å². The maximum atomic E-state index is 11.5. The third-order valence-corrected chi connectivity index (χ3v) is 2.27. The molecule has 0 fully saturated rings. The molecule has 1 atom stereocenters. The Kier molecular flexibility index (Phi) is 4.59. The number of hydrogen-bond acceptors (Lipinski definition) is 2. The molecule has 3 nitrogen and oxygen atoms in total. The molecule has 0 bridgehead atoms. The van der Waals surface area contributed by atoms with Crippen LogP contribution in [0.2, 0.25) is 0 Å². The fourth-order valence-corrected chi connectivity index (χ4v) is 1.72. The molecule has 1 unspecified atom stereocenters. The van der Waals surface area contributed by atoms with Gasteiger partial charge in [-0.3, -0.25) is 9.78 Å². The van der Waals surface area contributed by atoms with E-state index in [9.17, 15) is 4.79 Å². The average Bonchev–Trinajstić information content (AvgIpc) is 2.19. The Hall–Kier alpha value is -0.900. The number of carbonyl (C=O) groups excluding carboxylic acids is 1. The van der Waals surface area contributed by atoms with Crippen LogP contribution in [-0.4, -0.2) is 22.3 Å². The third kappa shape index (κ3) is 3.46. The summed E-state index contributed by atoms with van der Waals surface area (Å²) in [4.78, 5) is 15.5. The molecule has 0 spiro atoms. The predicted octanol–water partition coefficient (Wildman–Crippen LogP) is 1.98. The van der Waals surface area contributed by atoms with Crippen molar-refractivity contribution in [1.82, 2.24) is 10.3 Å². The number of amides is 1. The van der Waals surface area contributed by atoms with Crippen LogP contribution < -0.4 is 5.32 Å². The van der Waals surface area contributed by atoms with Crippen molar-refractivity contribution < 1.29 is 4.79 Å². The topological polar surface area (TPSA) is 42.0 Å². The van der Waals surface area contributed by atoms with E-state index in [4.69, 9.17) is 0 Å². The minimum absolute atomic E-state index is 0.112. The molecule has 0 aliphatic heterocycles. The summed E-state index contributed by atoms with van der Waals surface area (Å²) >= 11 is 3.33. The summed E-state index contributed by atoms with van der Waals surface area (Å²) in [7, 11) is 0. The predicted molar refractivity (Wildman–Crippen MR) is 59.6 cm³/mol. The Morgan fingerprint density at radius 1 is 1.64 bits per heavy atom.